The Hall–Kier alpha value is -4.02. The van der Waals surface area contributed by atoms with Gasteiger partial charge in [0.25, 0.3) is 10.0 Å². The highest BCUT2D eigenvalue weighted by Gasteiger charge is 2.34. The van der Waals surface area contributed by atoms with Crippen molar-refractivity contribution in [3.8, 4) is 0 Å². The standard InChI is InChI=1S/C34H35BrFN3O4S/c1-3-21-37-34(41)32(22-26-7-5-4-6-8-26)38(23-27-11-15-29(36)16-12-27)33(40)24-39(30-17-13-28(35)14-18-30)44(42,43)31-19-9-25(2)10-20-31/h4-20,32H,3,21-24H2,1-2H3,(H,37,41)/t32-/m1/s1. The predicted octanol–water partition coefficient (Wildman–Crippen LogP) is 6.26. The summed E-state index contributed by atoms with van der Waals surface area (Å²) in [6, 6.07) is 27.1. The topological polar surface area (TPSA) is 86.8 Å². The van der Waals surface area contributed by atoms with Crippen LogP contribution in [0.1, 0.15) is 30.0 Å². The molecule has 0 saturated carbocycles. The van der Waals surface area contributed by atoms with Gasteiger partial charge in [-0.2, -0.15) is 0 Å². The highest BCUT2D eigenvalue weighted by molar-refractivity contribution is 9.10. The van der Waals surface area contributed by atoms with Crippen LogP contribution in [0.2, 0.25) is 0 Å². The number of rotatable bonds is 13. The fraction of sp³-hybridized carbons (Fsp3) is 0.235. The highest BCUT2D eigenvalue weighted by Crippen LogP contribution is 2.27. The molecule has 2 amide bonds. The van der Waals surface area contributed by atoms with E-state index in [2.05, 4.69) is 21.2 Å². The molecule has 0 aliphatic carbocycles. The largest absolute Gasteiger partial charge is 0.354 e. The quantitative estimate of drug-likeness (QED) is 0.181. The summed E-state index contributed by atoms with van der Waals surface area (Å²) in [7, 11) is -4.19. The molecule has 0 aromatic heterocycles. The van der Waals surface area contributed by atoms with Gasteiger partial charge in [0.1, 0.15) is 18.4 Å². The number of carbonyl (C=O) groups excluding carboxylic acids is 2. The predicted molar refractivity (Wildman–Crippen MR) is 174 cm³/mol. The molecule has 4 rings (SSSR count). The van der Waals surface area contributed by atoms with Crippen LogP contribution < -0.4 is 9.62 Å². The van der Waals surface area contributed by atoms with Crippen molar-refractivity contribution < 1.29 is 22.4 Å². The maximum Gasteiger partial charge on any atom is 0.264 e. The summed E-state index contributed by atoms with van der Waals surface area (Å²) >= 11 is 3.39. The zero-order valence-electron chi connectivity index (χ0n) is 24.6. The van der Waals surface area contributed by atoms with Crippen molar-refractivity contribution in [1.29, 1.82) is 0 Å². The van der Waals surface area contributed by atoms with Gasteiger partial charge in [0.15, 0.2) is 0 Å². The molecule has 0 radical (unpaired) electrons. The summed E-state index contributed by atoms with van der Waals surface area (Å²) in [5, 5.41) is 2.91. The number of sulfonamides is 1. The van der Waals surface area contributed by atoms with Crippen molar-refractivity contribution >= 4 is 43.5 Å². The summed E-state index contributed by atoms with van der Waals surface area (Å²) in [5.74, 6) is -1.37. The lowest BCUT2D eigenvalue weighted by molar-refractivity contribution is -0.140. The first kappa shape index (κ1) is 32.9. The third-order valence-corrected chi connectivity index (χ3v) is 9.41. The van der Waals surface area contributed by atoms with Crippen LogP contribution in [-0.4, -0.2) is 44.3 Å². The number of carbonyl (C=O) groups is 2. The Morgan fingerprint density at radius 1 is 0.864 bits per heavy atom. The zero-order valence-corrected chi connectivity index (χ0v) is 27.0. The van der Waals surface area contributed by atoms with Crippen LogP contribution in [0.3, 0.4) is 0 Å². The molecule has 0 unspecified atom stereocenters. The van der Waals surface area contributed by atoms with Crippen LogP contribution in [0, 0.1) is 12.7 Å². The lowest BCUT2D eigenvalue weighted by Crippen LogP contribution is -2.53. The minimum Gasteiger partial charge on any atom is -0.354 e. The molecule has 0 heterocycles. The molecule has 0 aliphatic rings. The molecule has 4 aromatic carbocycles. The van der Waals surface area contributed by atoms with Gasteiger partial charge in [-0.25, -0.2) is 12.8 Å². The molecule has 0 saturated heterocycles. The number of amides is 2. The van der Waals surface area contributed by atoms with Gasteiger partial charge in [0.05, 0.1) is 10.6 Å². The van der Waals surface area contributed by atoms with Gasteiger partial charge in [-0.15, -0.1) is 0 Å². The molecule has 1 atom stereocenters. The van der Waals surface area contributed by atoms with Crippen molar-refractivity contribution in [2.75, 3.05) is 17.4 Å². The Morgan fingerprint density at radius 2 is 1.50 bits per heavy atom. The second-order valence-corrected chi connectivity index (χ2v) is 13.2. The Kier molecular flexibility index (Phi) is 11.3. The number of anilines is 1. The molecular formula is C34H35BrFN3O4S. The van der Waals surface area contributed by atoms with Crippen LogP contribution in [0.5, 0.6) is 0 Å². The van der Waals surface area contributed by atoms with Crippen molar-refractivity contribution in [1.82, 2.24) is 10.2 Å². The fourth-order valence-electron chi connectivity index (χ4n) is 4.68. The van der Waals surface area contributed by atoms with E-state index in [0.717, 1.165) is 19.9 Å². The lowest BCUT2D eigenvalue weighted by atomic mass is 10.0. The van der Waals surface area contributed by atoms with E-state index in [1.165, 1.54) is 29.2 Å². The fourth-order valence-corrected chi connectivity index (χ4v) is 6.36. The van der Waals surface area contributed by atoms with Crippen molar-refractivity contribution in [2.24, 2.45) is 0 Å². The van der Waals surface area contributed by atoms with Gasteiger partial charge in [0, 0.05) is 24.0 Å². The third kappa shape index (κ3) is 8.54. The number of nitrogens with zero attached hydrogens (tertiary/aromatic N) is 2. The van der Waals surface area contributed by atoms with E-state index in [0.29, 0.717) is 24.2 Å². The Morgan fingerprint density at radius 3 is 2.11 bits per heavy atom. The van der Waals surface area contributed by atoms with E-state index >= 15 is 0 Å². The molecule has 1 N–H and O–H groups in total. The van der Waals surface area contributed by atoms with Crippen molar-refractivity contribution in [3.63, 3.8) is 0 Å². The molecule has 0 fully saturated rings. The van der Waals surface area contributed by atoms with Crippen LogP contribution in [0.25, 0.3) is 0 Å². The number of hydrogen-bond acceptors (Lipinski definition) is 4. The summed E-state index contributed by atoms with van der Waals surface area (Å²) in [6.45, 7) is 3.60. The maximum atomic E-state index is 14.4. The van der Waals surface area contributed by atoms with Gasteiger partial charge >= 0.3 is 0 Å². The SMILES string of the molecule is CCCNC(=O)[C@@H](Cc1ccccc1)N(Cc1ccc(F)cc1)C(=O)CN(c1ccc(Br)cc1)S(=O)(=O)c1ccc(C)cc1. The molecule has 7 nitrogen and oxygen atoms in total. The zero-order chi connectivity index (χ0) is 31.7. The molecule has 4 aromatic rings. The van der Waals surface area contributed by atoms with E-state index < -0.39 is 34.3 Å². The highest BCUT2D eigenvalue weighted by atomic mass is 79.9. The van der Waals surface area contributed by atoms with Crippen LogP contribution in [0.15, 0.2) is 112 Å². The van der Waals surface area contributed by atoms with Crippen LogP contribution in [0.4, 0.5) is 10.1 Å². The molecule has 230 valence electrons. The first-order valence-corrected chi connectivity index (χ1v) is 16.5. The number of halogens is 2. The van der Waals surface area contributed by atoms with E-state index in [-0.39, 0.29) is 23.8 Å². The van der Waals surface area contributed by atoms with Gasteiger partial charge in [-0.05, 0) is 73.0 Å². The molecular weight excluding hydrogens is 645 g/mol. The summed E-state index contributed by atoms with van der Waals surface area (Å²) in [6.07, 6.45) is 0.897. The van der Waals surface area contributed by atoms with Crippen LogP contribution in [-0.2, 0) is 32.6 Å². The van der Waals surface area contributed by atoms with E-state index in [1.54, 1.807) is 48.5 Å². The third-order valence-electron chi connectivity index (χ3n) is 7.09. The second-order valence-electron chi connectivity index (χ2n) is 10.4. The molecule has 0 bridgehead atoms. The van der Waals surface area contributed by atoms with Gasteiger partial charge in [-0.1, -0.05) is 83.0 Å². The first-order valence-electron chi connectivity index (χ1n) is 14.3. The number of benzene rings is 4. The van der Waals surface area contributed by atoms with Crippen molar-refractivity contribution in [3.05, 3.63) is 130 Å². The lowest BCUT2D eigenvalue weighted by Gasteiger charge is -2.34. The second kappa shape index (κ2) is 15.1. The van der Waals surface area contributed by atoms with E-state index in [1.807, 2.05) is 44.2 Å². The van der Waals surface area contributed by atoms with Gasteiger partial charge < -0.3 is 10.2 Å². The number of hydrogen-bond donors (Lipinski definition) is 1. The minimum absolute atomic E-state index is 0.0328. The summed E-state index contributed by atoms with van der Waals surface area (Å²) in [4.78, 5) is 29.4. The Bertz CT molecular complexity index is 1650. The summed E-state index contributed by atoms with van der Waals surface area (Å²) in [5.41, 5.74) is 2.61. The Balaban J connectivity index is 1.78. The smallest absolute Gasteiger partial charge is 0.264 e. The van der Waals surface area contributed by atoms with E-state index in [4.69, 9.17) is 0 Å². The monoisotopic (exact) mass is 679 g/mol. The number of nitrogens with one attached hydrogen (secondary N) is 1. The maximum absolute atomic E-state index is 14.4. The minimum atomic E-state index is -4.19. The average molecular weight is 681 g/mol. The van der Waals surface area contributed by atoms with Crippen LogP contribution >= 0.6 is 15.9 Å². The first-order chi connectivity index (χ1) is 21.1. The van der Waals surface area contributed by atoms with E-state index in [9.17, 15) is 22.4 Å². The van der Waals surface area contributed by atoms with Gasteiger partial charge in [-0.3, -0.25) is 13.9 Å². The molecule has 0 aliphatic heterocycles. The van der Waals surface area contributed by atoms with Gasteiger partial charge in [0.2, 0.25) is 11.8 Å². The molecule has 10 heteroatoms. The normalized spacial score (nSPS) is 11.9. The van der Waals surface area contributed by atoms with Crippen molar-refractivity contribution in [2.45, 2.75) is 44.2 Å². The number of aryl methyl sites for hydroxylation is 1. The Labute approximate surface area is 266 Å². The molecule has 0 spiro atoms. The summed E-state index contributed by atoms with van der Waals surface area (Å²) < 4.78 is 43.7. The molecule has 44 heavy (non-hydrogen) atoms. The average Bonchev–Trinajstić information content (AvgIpc) is 3.02.